The summed E-state index contributed by atoms with van der Waals surface area (Å²) in [5.41, 5.74) is 9.32. The Bertz CT molecular complexity index is 567. The number of anilines is 2. The van der Waals surface area contributed by atoms with Gasteiger partial charge >= 0.3 is 0 Å². The van der Waals surface area contributed by atoms with Gasteiger partial charge in [-0.25, -0.2) is 0 Å². The van der Waals surface area contributed by atoms with Crippen LogP contribution in [-0.4, -0.2) is 18.8 Å². The number of aliphatic hydroxyl groups excluding tert-OH is 1. The van der Waals surface area contributed by atoms with Gasteiger partial charge < -0.3 is 20.9 Å². The molecule has 0 aliphatic heterocycles. The molecule has 4 nitrogen and oxygen atoms in total. The first-order chi connectivity index (χ1) is 9.60. The van der Waals surface area contributed by atoms with Gasteiger partial charge in [0.15, 0.2) is 0 Å². The Morgan fingerprint density at radius 1 is 1.20 bits per heavy atom. The van der Waals surface area contributed by atoms with Crippen LogP contribution in [0.5, 0.6) is 5.75 Å². The van der Waals surface area contributed by atoms with Gasteiger partial charge in [-0.2, -0.15) is 0 Å². The molecule has 1 atom stereocenters. The van der Waals surface area contributed by atoms with Gasteiger partial charge in [-0.05, 0) is 48.4 Å². The minimum atomic E-state index is -0.597. The summed E-state index contributed by atoms with van der Waals surface area (Å²) < 4.78 is 5.10. The van der Waals surface area contributed by atoms with Crippen LogP contribution >= 0.6 is 0 Å². The average Bonchev–Trinajstić information content (AvgIpc) is 2.48. The first-order valence-electron chi connectivity index (χ1n) is 6.52. The zero-order valence-electron chi connectivity index (χ0n) is 11.8. The number of nitrogen functional groups attached to an aromatic ring is 1. The number of nitrogens with one attached hydrogen (secondary N) is 1. The van der Waals surface area contributed by atoms with Crippen molar-refractivity contribution in [2.75, 3.05) is 24.7 Å². The van der Waals surface area contributed by atoms with E-state index in [0.717, 1.165) is 22.6 Å². The molecule has 0 amide bonds. The van der Waals surface area contributed by atoms with Crippen molar-refractivity contribution in [3.8, 4) is 5.75 Å². The molecule has 4 N–H and O–H groups in total. The topological polar surface area (TPSA) is 67.5 Å². The van der Waals surface area contributed by atoms with Crippen molar-refractivity contribution in [1.82, 2.24) is 0 Å². The third-order valence-electron chi connectivity index (χ3n) is 3.28. The van der Waals surface area contributed by atoms with E-state index in [1.807, 2.05) is 49.4 Å². The summed E-state index contributed by atoms with van der Waals surface area (Å²) in [5, 5.41) is 13.3. The Kier molecular flexibility index (Phi) is 4.48. The van der Waals surface area contributed by atoms with Crippen molar-refractivity contribution in [1.29, 1.82) is 0 Å². The molecule has 0 radical (unpaired) electrons. The molecule has 2 aromatic carbocycles. The van der Waals surface area contributed by atoms with E-state index >= 15 is 0 Å². The SMILES string of the molecule is COc1ccc(NCC(O)c2ccc(C)c(N)c2)cc1. The normalized spacial score (nSPS) is 11.9. The summed E-state index contributed by atoms with van der Waals surface area (Å²) in [5.74, 6) is 0.808. The molecule has 2 rings (SSSR count). The lowest BCUT2D eigenvalue weighted by Crippen LogP contribution is -2.12. The summed E-state index contributed by atoms with van der Waals surface area (Å²) >= 11 is 0. The number of hydrogen-bond donors (Lipinski definition) is 3. The van der Waals surface area contributed by atoms with Crippen LogP contribution < -0.4 is 15.8 Å². The van der Waals surface area contributed by atoms with Gasteiger partial charge in [-0.3, -0.25) is 0 Å². The molecular weight excluding hydrogens is 252 g/mol. The van der Waals surface area contributed by atoms with Gasteiger partial charge in [0.25, 0.3) is 0 Å². The highest BCUT2D eigenvalue weighted by Gasteiger charge is 2.08. The fourth-order valence-electron chi connectivity index (χ4n) is 1.91. The summed E-state index contributed by atoms with van der Waals surface area (Å²) in [7, 11) is 1.63. The van der Waals surface area contributed by atoms with Crippen molar-refractivity contribution in [2.24, 2.45) is 0 Å². The van der Waals surface area contributed by atoms with E-state index in [-0.39, 0.29) is 0 Å². The molecule has 2 aromatic rings. The van der Waals surface area contributed by atoms with Crippen molar-refractivity contribution >= 4 is 11.4 Å². The lowest BCUT2D eigenvalue weighted by Gasteiger charge is -2.14. The Morgan fingerprint density at radius 2 is 1.90 bits per heavy atom. The molecule has 0 aliphatic carbocycles. The van der Waals surface area contributed by atoms with E-state index in [2.05, 4.69) is 5.32 Å². The predicted octanol–water partition coefficient (Wildman–Crippen LogP) is 2.73. The van der Waals surface area contributed by atoms with Crippen LogP contribution in [0.1, 0.15) is 17.2 Å². The zero-order chi connectivity index (χ0) is 14.5. The summed E-state index contributed by atoms with van der Waals surface area (Å²) in [6.07, 6.45) is -0.597. The number of hydrogen-bond acceptors (Lipinski definition) is 4. The van der Waals surface area contributed by atoms with Crippen LogP contribution in [-0.2, 0) is 0 Å². The van der Waals surface area contributed by atoms with Crippen LogP contribution in [0.2, 0.25) is 0 Å². The number of nitrogens with two attached hydrogens (primary N) is 1. The molecule has 0 saturated carbocycles. The number of benzene rings is 2. The molecule has 0 bridgehead atoms. The van der Waals surface area contributed by atoms with Gasteiger partial charge in [0.1, 0.15) is 5.75 Å². The highest BCUT2D eigenvalue weighted by atomic mass is 16.5. The van der Waals surface area contributed by atoms with Crippen molar-refractivity contribution in [2.45, 2.75) is 13.0 Å². The molecular formula is C16H20N2O2. The van der Waals surface area contributed by atoms with Crippen LogP contribution in [0.25, 0.3) is 0 Å². The maximum atomic E-state index is 10.2. The second-order valence-electron chi connectivity index (χ2n) is 4.74. The van der Waals surface area contributed by atoms with E-state index < -0.39 is 6.10 Å². The minimum Gasteiger partial charge on any atom is -0.497 e. The first-order valence-corrected chi connectivity index (χ1v) is 6.52. The fraction of sp³-hybridized carbons (Fsp3) is 0.250. The van der Waals surface area contributed by atoms with Gasteiger partial charge in [-0.1, -0.05) is 12.1 Å². The van der Waals surface area contributed by atoms with Gasteiger partial charge in [0, 0.05) is 17.9 Å². The standard InChI is InChI=1S/C16H20N2O2/c1-11-3-4-12(9-15(11)17)16(19)10-18-13-5-7-14(20-2)8-6-13/h3-9,16,18-19H,10,17H2,1-2H3. The number of aryl methyl sites for hydroxylation is 1. The molecule has 0 heterocycles. The number of rotatable bonds is 5. The third kappa shape index (κ3) is 3.42. The second kappa shape index (κ2) is 6.30. The van der Waals surface area contributed by atoms with E-state index in [1.54, 1.807) is 7.11 Å². The Balaban J connectivity index is 1.96. The Labute approximate surface area is 119 Å². The number of methoxy groups -OCH3 is 1. The molecule has 0 spiro atoms. The molecule has 106 valence electrons. The van der Waals surface area contributed by atoms with Gasteiger partial charge in [-0.15, -0.1) is 0 Å². The summed E-state index contributed by atoms with van der Waals surface area (Å²) in [4.78, 5) is 0. The molecule has 0 aliphatic rings. The van der Waals surface area contributed by atoms with Crippen LogP contribution in [0, 0.1) is 6.92 Å². The molecule has 1 unspecified atom stereocenters. The summed E-state index contributed by atoms with van der Waals surface area (Å²) in [6.45, 7) is 2.37. The molecule has 0 saturated heterocycles. The molecule has 20 heavy (non-hydrogen) atoms. The van der Waals surface area contributed by atoms with E-state index in [1.165, 1.54) is 0 Å². The van der Waals surface area contributed by atoms with E-state index in [9.17, 15) is 5.11 Å². The average molecular weight is 272 g/mol. The number of ether oxygens (including phenoxy) is 1. The fourth-order valence-corrected chi connectivity index (χ4v) is 1.91. The lowest BCUT2D eigenvalue weighted by molar-refractivity contribution is 0.191. The first kappa shape index (κ1) is 14.2. The Hall–Kier alpha value is -2.20. The van der Waals surface area contributed by atoms with Crippen molar-refractivity contribution in [3.05, 3.63) is 53.6 Å². The zero-order valence-corrected chi connectivity index (χ0v) is 11.8. The van der Waals surface area contributed by atoms with Crippen LogP contribution in [0.4, 0.5) is 11.4 Å². The monoisotopic (exact) mass is 272 g/mol. The molecule has 4 heteroatoms. The predicted molar refractivity (Wildman–Crippen MR) is 82.0 cm³/mol. The van der Waals surface area contributed by atoms with Gasteiger partial charge in [0.2, 0.25) is 0 Å². The molecule has 0 aromatic heterocycles. The highest BCUT2D eigenvalue weighted by Crippen LogP contribution is 2.20. The second-order valence-corrected chi connectivity index (χ2v) is 4.74. The largest absolute Gasteiger partial charge is 0.497 e. The molecule has 0 fully saturated rings. The maximum Gasteiger partial charge on any atom is 0.119 e. The lowest BCUT2D eigenvalue weighted by atomic mass is 10.1. The van der Waals surface area contributed by atoms with Crippen LogP contribution in [0.3, 0.4) is 0 Å². The highest BCUT2D eigenvalue weighted by molar-refractivity contribution is 5.50. The minimum absolute atomic E-state index is 0.425. The Morgan fingerprint density at radius 3 is 2.50 bits per heavy atom. The quantitative estimate of drug-likeness (QED) is 0.732. The van der Waals surface area contributed by atoms with E-state index in [0.29, 0.717) is 12.2 Å². The summed E-state index contributed by atoms with van der Waals surface area (Å²) in [6, 6.07) is 13.2. The van der Waals surface area contributed by atoms with Crippen LogP contribution in [0.15, 0.2) is 42.5 Å². The van der Waals surface area contributed by atoms with Gasteiger partial charge in [0.05, 0.1) is 13.2 Å². The van der Waals surface area contributed by atoms with Crippen molar-refractivity contribution in [3.63, 3.8) is 0 Å². The maximum absolute atomic E-state index is 10.2. The third-order valence-corrected chi connectivity index (χ3v) is 3.28. The smallest absolute Gasteiger partial charge is 0.119 e. The number of aliphatic hydroxyl groups is 1. The van der Waals surface area contributed by atoms with E-state index in [4.69, 9.17) is 10.5 Å². The van der Waals surface area contributed by atoms with Crippen molar-refractivity contribution < 1.29 is 9.84 Å².